The minimum Gasteiger partial charge on any atom is -0.121 e. The summed E-state index contributed by atoms with van der Waals surface area (Å²) in [5.74, 6) is 0. The van der Waals surface area contributed by atoms with Crippen molar-refractivity contribution < 1.29 is 0 Å². The third-order valence-corrected chi connectivity index (χ3v) is 4.54. The molecule has 1 aliphatic carbocycles. The highest BCUT2D eigenvalue weighted by molar-refractivity contribution is 6.32. The van der Waals surface area contributed by atoms with Crippen LogP contribution in [0, 0.1) is 0 Å². The van der Waals surface area contributed by atoms with Crippen molar-refractivity contribution in [3.63, 3.8) is 0 Å². The van der Waals surface area contributed by atoms with Crippen LogP contribution in [-0.2, 0) is 6.42 Å². The number of benzene rings is 1. The molecule has 0 bridgehead atoms. The van der Waals surface area contributed by atoms with E-state index in [1.807, 2.05) is 6.07 Å². The van der Waals surface area contributed by atoms with Gasteiger partial charge in [0.15, 0.2) is 0 Å². The fraction of sp³-hybridized carbons (Fsp3) is 0.538. The van der Waals surface area contributed by atoms with Crippen molar-refractivity contribution >= 4 is 23.2 Å². The van der Waals surface area contributed by atoms with Crippen LogP contribution < -0.4 is 0 Å². The van der Waals surface area contributed by atoms with Crippen LogP contribution in [0.2, 0.25) is 0 Å². The van der Waals surface area contributed by atoms with Gasteiger partial charge in [0.25, 0.3) is 0 Å². The zero-order valence-electron chi connectivity index (χ0n) is 8.76. The van der Waals surface area contributed by atoms with Gasteiger partial charge in [-0.1, -0.05) is 43.2 Å². The van der Waals surface area contributed by atoms with Gasteiger partial charge >= 0.3 is 0 Å². The summed E-state index contributed by atoms with van der Waals surface area (Å²) < 4.78 is 0. The molecule has 0 heterocycles. The lowest BCUT2D eigenvalue weighted by atomic mass is 9.83. The maximum Gasteiger partial charge on any atom is 0.0649 e. The minimum atomic E-state index is -0.221. The van der Waals surface area contributed by atoms with Gasteiger partial charge in [-0.05, 0) is 24.8 Å². The lowest BCUT2D eigenvalue weighted by Gasteiger charge is -2.35. The molecule has 2 rings (SSSR count). The Hall–Kier alpha value is -0.200. The predicted octanol–water partition coefficient (Wildman–Crippen LogP) is 4.39. The van der Waals surface area contributed by atoms with E-state index < -0.39 is 0 Å². The predicted molar refractivity (Wildman–Crippen MR) is 66.8 cm³/mol. The molecule has 1 fully saturated rings. The summed E-state index contributed by atoms with van der Waals surface area (Å²) in [6.07, 6.45) is 5.41. The average molecular weight is 243 g/mol. The van der Waals surface area contributed by atoms with Gasteiger partial charge in [-0.15, -0.1) is 23.2 Å². The van der Waals surface area contributed by atoms with Crippen molar-refractivity contribution in [3.05, 3.63) is 35.9 Å². The highest BCUT2D eigenvalue weighted by atomic mass is 35.5. The summed E-state index contributed by atoms with van der Waals surface area (Å²) >= 11 is 13.0. The maximum absolute atomic E-state index is 6.63. The summed E-state index contributed by atoms with van der Waals surface area (Å²) in [6.45, 7) is 0. The Morgan fingerprint density at radius 3 is 2.60 bits per heavy atom. The fourth-order valence-corrected chi connectivity index (χ4v) is 3.03. The highest BCUT2D eigenvalue weighted by Crippen LogP contribution is 2.40. The number of halogens is 2. The van der Waals surface area contributed by atoms with Crippen molar-refractivity contribution in [1.82, 2.24) is 0 Å². The first-order valence-corrected chi connectivity index (χ1v) is 6.39. The van der Waals surface area contributed by atoms with Crippen LogP contribution in [0.5, 0.6) is 0 Å². The van der Waals surface area contributed by atoms with Crippen LogP contribution in [0.3, 0.4) is 0 Å². The van der Waals surface area contributed by atoms with Crippen LogP contribution in [-0.4, -0.2) is 10.3 Å². The van der Waals surface area contributed by atoms with Crippen molar-refractivity contribution in [2.24, 2.45) is 0 Å². The molecule has 2 atom stereocenters. The lowest BCUT2D eigenvalue weighted by Crippen LogP contribution is -2.38. The molecule has 1 aliphatic rings. The van der Waals surface area contributed by atoms with Gasteiger partial charge in [-0.25, -0.2) is 0 Å². The molecule has 2 heteroatoms. The summed E-state index contributed by atoms with van der Waals surface area (Å²) in [5, 5.41) is 0.119. The summed E-state index contributed by atoms with van der Waals surface area (Å²) in [6, 6.07) is 10.4. The van der Waals surface area contributed by atoms with Gasteiger partial charge in [0, 0.05) is 0 Å². The molecule has 0 aromatic heterocycles. The smallest absolute Gasteiger partial charge is 0.0649 e. The molecule has 0 nitrogen and oxygen atoms in total. The SMILES string of the molecule is ClC1CCCCC1(Cl)Cc1ccccc1. The van der Waals surface area contributed by atoms with Crippen LogP contribution in [0.1, 0.15) is 31.2 Å². The molecule has 82 valence electrons. The van der Waals surface area contributed by atoms with Crippen LogP contribution in [0.25, 0.3) is 0 Å². The minimum absolute atomic E-state index is 0.119. The van der Waals surface area contributed by atoms with E-state index in [0.29, 0.717) is 0 Å². The second kappa shape index (κ2) is 4.76. The molecule has 1 aromatic rings. The third kappa shape index (κ3) is 2.68. The summed E-state index contributed by atoms with van der Waals surface area (Å²) in [4.78, 5) is -0.221. The van der Waals surface area contributed by atoms with Gasteiger partial charge in [0.1, 0.15) is 0 Å². The van der Waals surface area contributed by atoms with E-state index in [1.165, 1.54) is 18.4 Å². The first-order chi connectivity index (χ1) is 7.21. The first kappa shape index (κ1) is 11.3. The Kier molecular flexibility index (Phi) is 3.58. The highest BCUT2D eigenvalue weighted by Gasteiger charge is 2.37. The van der Waals surface area contributed by atoms with E-state index in [2.05, 4.69) is 24.3 Å². The van der Waals surface area contributed by atoms with Gasteiger partial charge in [0.2, 0.25) is 0 Å². The zero-order valence-corrected chi connectivity index (χ0v) is 10.3. The van der Waals surface area contributed by atoms with Crippen LogP contribution in [0.15, 0.2) is 30.3 Å². The van der Waals surface area contributed by atoms with Gasteiger partial charge in [0.05, 0.1) is 10.3 Å². The average Bonchev–Trinajstić information content (AvgIpc) is 2.24. The number of alkyl halides is 2. The standard InChI is InChI=1S/C13H16Cl2/c14-12-8-4-5-9-13(12,15)10-11-6-2-1-3-7-11/h1-3,6-7,12H,4-5,8-10H2. The molecule has 0 radical (unpaired) electrons. The van der Waals surface area contributed by atoms with Crippen molar-refractivity contribution in [2.75, 3.05) is 0 Å². The molecule has 15 heavy (non-hydrogen) atoms. The number of rotatable bonds is 2. The van der Waals surface area contributed by atoms with E-state index in [0.717, 1.165) is 19.3 Å². The molecule has 0 aliphatic heterocycles. The topological polar surface area (TPSA) is 0 Å². The van der Waals surface area contributed by atoms with Crippen molar-refractivity contribution in [1.29, 1.82) is 0 Å². The Bertz CT molecular complexity index is 310. The fourth-order valence-electron chi connectivity index (χ4n) is 2.29. The third-order valence-electron chi connectivity index (χ3n) is 3.20. The molecule has 0 N–H and O–H groups in total. The van der Waals surface area contributed by atoms with E-state index >= 15 is 0 Å². The quantitative estimate of drug-likeness (QED) is 0.676. The molecular weight excluding hydrogens is 227 g/mol. The Morgan fingerprint density at radius 2 is 1.93 bits per heavy atom. The Balaban J connectivity index is 2.09. The second-order valence-corrected chi connectivity index (χ2v) is 5.69. The van der Waals surface area contributed by atoms with Crippen LogP contribution in [0.4, 0.5) is 0 Å². The molecule has 0 amide bonds. The van der Waals surface area contributed by atoms with E-state index in [9.17, 15) is 0 Å². The first-order valence-electron chi connectivity index (χ1n) is 5.58. The Labute approximate surface area is 102 Å². The lowest BCUT2D eigenvalue weighted by molar-refractivity contribution is 0.394. The molecule has 1 aromatic carbocycles. The second-order valence-electron chi connectivity index (χ2n) is 4.41. The van der Waals surface area contributed by atoms with Crippen molar-refractivity contribution in [3.8, 4) is 0 Å². The zero-order chi connectivity index (χ0) is 10.7. The monoisotopic (exact) mass is 242 g/mol. The molecule has 2 unspecified atom stereocenters. The maximum atomic E-state index is 6.63. The van der Waals surface area contributed by atoms with Gasteiger partial charge < -0.3 is 0 Å². The van der Waals surface area contributed by atoms with E-state index in [-0.39, 0.29) is 10.3 Å². The Morgan fingerprint density at radius 1 is 1.20 bits per heavy atom. The van der Waals surface area contributed by atoms with E-state index in [1.54, 1.807) is 0 Å². The van der Waals surface area contributed by atoms with Gasteiger partial charge in [-0.2, -0.15) is 0 Å². The largest absolute Gasteiger partial charge is 0.121 e. The normalized spacial score (nSPS) is 31.5. The molecule has 1 saturated carbocycles. The summed E-state index contributed by atoms with van der Waals surface area (Å²) in [5.41, 5.74) is 1.29. The number of hydrogen-bond donors (Lipinski definition) is 0. The molecular formula is C13H16Cl2. The van der Waals surface area contributed by atoms with E-state index in [4.69, 9.17) is 23.2 Å². The molecule has 0 saturated heterocycles. The van der Waals surface area contributed by atoms with Crippen LogP contribution >= 0.6 is 23.2 Å². The van der Waals surface area contributed by atoms with Crippen molar-refractivity contribution in [2.45, 2.75) is 42.4 Å². The van der Waals surface area contributed by atoms with Gasteiger partial charge in [-0.3, -0.25) is 0 Å². The summed E-state index contributed by atoms with van der Waals surface area (Å²) in [7, 11) is 0. The molecule has 0 spiro atoms. The number of hydrogen-bond acceptors (Lipinski definition) is 0.